The summed E-state index contributed by atoms with van der Waals surface area (Å²) in [5.74, 6) is 0.680. The van der Waals surface area contributed by atoms with Gasteiger partial charge in [-0.25, -0.2) is 0 Å². The highest BCUT2D eigenvalue weighted by Crippen LogP contribution is 2.35. The predicted octanol–water partition coefficient (Wildman–Crippen LogP) is 3.50. The number of rotatable bonds is 4. The zero-order chi connectivity index (χ0) is 11.7. The van der Waals surface area contributed by atoms with Crippen molar-refractivity contribution in [3.8, 4) is 0 Å². The second-order valence-electron chi connectivity index (χ2n) is 4.98. The van der Waals surface area contributed by atoms with E-state index in [0.29, 0.717) is 5.92 Å². The fourth-order valence-electron chi connectivity index (χ4n) is 2.01. The van der Waals surface area contributed by atoms with Gasteiger partial charge in [-0.1, -0.05) is 13.8 Å². The van der Waals surface area contributed by atoms with Gasteiger partial charge >= 0.3 is 0 Å². The van der Waals surface area contributed by atoms with E-state index in [1.807, 2.05) is 0 Å². The van der Waals surface area contributed by atoms with Crippen LogP contribution in [0.1, 0.15) is 26.7 Å². The topological polar surface area (TPSA) is 29.3 Å². The van der Waals surface area contributed by atoms with E-state index in [4.69, 9.17) is 5.73 Å². The van der Waals surface area contributed by atoms with E-state index < -0.39 is 0 Å². The molecule has 0 radical (unpaired) electrons. The van der Waals surface area contributed by atoms with Crippen LogP contribution in [0.2, 0.25) is 0 Å². The first-order chi connectivity index (χ1) is 7.58. The minimum absolute atomic E-state index is 0.680. The van der Waals surface area contributed by atoms with Crippen LogP contribution in [-0.4, -0.2) is 12.6 Å². The molecule has 2 N–H and O–H groups in total. The number of benzene rings is 1. The summed E-state index contributed by atoms with van der Waals surface area (Å²) >= 11 is 2.31. The first-order valence-electron chi connectivity index (χ1n) is 5.89. The number of anilines is 2. The van der Waals surface area contributed by atoms with Crippen LogP contribution in [0.15, 0.2) is 18.2 Å². The average Bonchev–Trinajstić information content (AvgIpc) is 2.97. The molecule has 2 nitrogen and oxygen atoms in total. The largest absolute Gasteiger partial charge is 0.397 e. The van der Waals surface area contributed by atoms with Crippen LogP contribution in [0.3, 0.4) is 0 Å². The van der Waals surface area contributed by atoms with Gasteiger partial charge in [-0.3, -0.25) is 0 Å². The van der Waals surface area contributed by atoms with Gasteiger partial charge in [-0.15, -0.1) is 0 Å². The molecule has 0 aromatic heterocycles. The standard InChI is InChI=1S/C13H19IN2/c1-9(2)8-16(11-4-5-11)13-6-3-10(14)7-12(13)15/h3,6-7,9,11H,4-5,8,15H2,1-2H3. The fraction of sp³-hybridized carbons (Fsp3) is 0.538. The highest BCUT2D eigenvalue weighted by molar-refractivity contribution is 14.1. The Balaban J connectivity index is 2.24. The lowest BCUT2D eigenvalue weighted by atomic mass is 10.1. The fourth-order valence-corrected chi connectivity index (χ4v) is 2.53. The number of hydrogen-bond donors (Lipinski definition) is 1. The lowest BCUT2D eigenvalue weighted by Gasteiger charge is -2.28. The normalized spacial score (nSPS) is 15.5. The molecule has 0 unspecified atom stereocenters. The molecule has 1 saturated carbocycles. The van der Waals surface area contributed by atoms with E-state index in [2.05, 4.69) is 59.5 Å². The van der Waals surface area contributed by atoms with Gasteiger partial charge in [0.2, 0.25) is 0 Å². The molecule has 16 heavy (non-hydrogen) atoms. The van der Waals surface area contributed by atoms with E-state index >= 15 is 0 Å². The molecule has 0 saturated heterocycles. The van der Waals surface area contributed by atoms with Gasteiger partial charge in [-0.05, 0) is 59.5 Å². The van der Waals surface area contributed by atoms with Crippen LogP contribution in [0.5, 0.6) is 0 Å². The molecular formula is C13H19IN2. The van der Waals surface area contributed by atoms with Gasteiger partial charge in [0.25, 0.3) is 0 Å². The zero-order valence-electron chi connectivity index (χ0n) is 9.91. The third-order valence-electron chi connectivity index (χ3n) is 2.85. The molecular weight excluding hydrogens is 311 g/mol. The molecule has 1 aliphatic carbocycles. The molecule has 1 aliphatic rings. The highest BCUT2D eigenvalue weighted by Gasteiger charge is 2.30. The Labute approximate surface area is 111 Å². The van der Waals surface area contributed by atoms with Crippen molar-refractivity contribution in [3.05, 3.63) is 21.8 Å². The Morgan fingerprint density at radius 2 is 2.12 bits per heavy atom. The van der Waals surface area contributed by atoms with Crippen LogP contribution in [-0.2, 0) is 0 Å². The smallest absolute Gasteiger partial charge is 0.0603 e. The summed E-state index contributed by atoms with van der Waals surface area (Å²) in [6.07, 6.45) is 2.64. The van der Waals surface area contributed by atoms with Crippen molar-refractivity contribution in [2.24, 2.45) is 5.92 Å². The summed E-state index contributed by atoms with van der Waals surface area (Å²) in [4.78, 5) is 2.48. The maximum atomic E-state index is 6.12. The van der Waals surface area contributed by atoms with Gasteiger partial charge < -0.3 is 10.6 Å². The van der Waals surface area contributed by atoms with Gasteiger partial charge in [-0.2, -0.15) is 0 Å². The van der Waals surface area contributed by atoms with Gasteiger partial charge in [0.15, 0.2) is 0 Å². The molecule has 0 aliphatic heterocycles. The SMILES string of the molecule is CC(C)CN(c1ccc(I)cc1N)C1CC1. The lowest BCUT2D eigenvalue weighted by molar-refractivity contribution is 0.608. The molecule has 0 heterocycles. The second-order valence-corrected chi connectivity index (χ2v) is 6.23. The summed E-state index contributed by atoms with van der Waals surface area (Å²) in [6, 6.07) is 7.09. The Morgan fingerprint density at radius 1 is 1.44 bits per heavy atom. The summed E-state index contributed by atoms with van der Waals surface area (Å²) < 4.78 is 1.21. The molecule has 0 amide bonds. The predicted molar refractivity (Wildman–Crippen MR) is 78.8 cm³/mol. The van der Waals surface area contributed by atoms with Gasteiger partial charge in [0.1, 0.15) is 0 Å². The van der Waals surface area contributed by atoms with Crippen molar-refractivity contribution in [2.45, 2.75) is 32.7 Å². The van der Waals surface area contributed by atoms with Crippen LogP contribution in [0.25, 0.3) is 0 Å². The van der Waals surface area contributed by atoms with Crippen LogP contribution < -0.4 is 10.6 Å². The maximum absolute atomic E-state index is 6.12. The number of halogens is 1. The molecule has 3 heteroatoms. The second kappa shape index (κ2) is 4.82. The molecule has 88 valence electrons. The minimum Gasteiger partial charge on any atom is -0.397 e. The summed E-state index contributed by atoms with van der Waals surface area (Å²) in [7, 11) is 0. The minimum atomic E-state index is 0.680. The molecule has 1 fully saturated rings. The monoisotopic (exact) mass is 330 g/mol. The van der Waals surface area contributed by atoms with Gasteiger partial charge in [0.05, 0.1) is 11.4 Å². The molecule has 0 spiro atoms. The zero-order valence-corrected chi connectivity index (χ0v) is 12.1. The van der Waals surface area contributed by atoms with Crippen molar-refractivity contribution in [3.63, 3.8) is 0 Å². The maximum Gasteiger partial charge on any atom is 0.0603 e. The number of nitrogen functional groups attached to an aromatic ring is 1. The first-order valence-corrected chi connectivity index (χ1v) is 6.97. The molecule has 0 atom stereocenters. The quantitative estimate of drug-likeness (QED) is 0.676. The van der Waals surface area contributed by atoms with Crippen LogP contribution >= 0.6 is 22.6 Å². The van der Waals surface area contributed by atoms with E-state index in [1.54, 1.807) is 0 Å². The summed E-state index contributed by atoms with van der Waals surface area (Å²) in [5, 5.41) is 0. The number of nitrogens with zero attached hydrogens (tertiary/aromatic N) is 1. The number of nitrogens with two attached hydrogens (primary N) is 1. The van der Waals surface area contributed by atoms with E-state index in [1.165, 1.54) is 22.1 Å². The van der Waals surface area contributed by atoms with Crippen molar-refractivity contribution in [2.75, 3.05) is 17.2 Å². The third-order valence-corrected chi connectivity index (χ3v) is 3.52. The molecule has 0 bridgehead atoms. The number of hydrogen-bond acceptors (Lipinski definition) is 2. The lowest BCUT2D eigenvalue weighted by Crippen LogP contribution is -2.30. The van der Waals surface area contributed by atoms with E-state index in [0.717, 1.165) is 18.3 Å². The summed E-state index contributed by atoms with van der Waals surface area (Å²) in [6.45, 7) is 5.63. The Kier molecular flexibility index (Phi) is 3.62. The van der Waals surface area contributed by atoms with Crippen molar-refractivity contribution < 1.29 is 0 Å². The van der Waals surface area contributed by atoms with E-state index in [-0.39, 0.29) is 0 Å². The van der Waals surface area contributed by atoms with Gasteiger partial charge in [0, 0.05) is 16.2 Å². The van der Waals surface area contributed by atoms with Crippen molar-refractivity contribution >= 4 is 34.0 Å². The molecule has 2 rings (SSSR count). The average molecular weight is 330 g/mol. The Hall–Kier alpha value is -0.450. The highest BCUT2D eigenvalue weighted by atomic mass is 127. The molecule has 1 aromatic rings. The first kappa shape index (κ1) is 12.0. The third kappa shape index (κ3) is 2.81. The van der Waals surface area contributed by atoms with Crippen LogP contribution in [0, 0.1) is 9.49 Å². The Bertz CT molecular complexity index is 372. The van der Waals surface area contributed by atoms with E-state index in [9.17, 15) is 0 Å². The van der Waals surface area contributed by atoms with Crippen LogP contribution in [0.4, 0.5) is 11.4 Å². The summed E-state index contributed by atoms with van der Waals surface area (Å²) in [5.41, 5.74) is 8.25. The Morgan fingerprint density at radius 3 is 2.62 bits per heavy atom. The van der Waals surface area contributed by atoms with Crippen molar-refractivity contribution in [1.82, 2.24) is 0 Å². The molecule has 1 aromatic carbocycles. The van der Waals surface area contributed by atoms with Crippen molar-refractivity contribution in [1.29, 1.82) is 0 Å².